The summed E-state index contributed by atoms with van der Waals surface area (Å²) in [5, 5.41) is 3.79. The number of rotatable bonds is 6. The zero-order chi connectivity index (χ0) is 17.6. The van der Waals surface area contributed by atoms with Gasteiger partial charge in [0.25, 0.3) is 0 Å². The molecule has 132 valence electrons. The molecule has 0 saturated carbocycles. The lowest BCUT2D eigenvalue weighted by Gasteiger charge is -2.18. The number of hydrogen-bond donors (Lipinski definition) is 1. The van der Waals surface area contributed by atoms with Crippen LogP contribution in [0.15, 0.2) is 59.5 Å². The standard InChI is InChI=1S/C20H23ClN2OS/c1-15(25-19-9-7-17(21)8-10-19)20(24)22-18-11-12-23(14-18)13-16-5-3-2-4-6-16/h2-10,15,18H,11-14H2,1H3,(H,22,24). The molecule has 0 aliphatic carbocycles. The number of nitrogens with zero attached hydrogens (tertiary/aromatic N) is 1. The highest BCUT2D eigenvalue weighted by molar-refractivity contribution is 8.00. The summed E-state index contributed by atoms with van der Waals surface area (Å²) in [6.45, 7) is 4.84. The van der Waals surface area contributed by atoms with Crippen LogP contribution in [-0.4, -0.2) is 35.2 Å². The SMILES string of the molecule is CC(Sc1ccc(Cl)cc1)C(=O)NC1CCN(Cc2ccccc2)C1. The number of carbonyl (C=O) groups excluding carboxylic acids is 1. The number of likely N-dealkylation sites (tertiary alicyclic amines) is 1. The van der Waals surface area contributed by atoms with Gasteiger partial charge < -0.3 is 5.32 Å². The number of nitrogens with one attached hydrogen (secondary N) is 1. The van der Waals surface area contributed by atoms with Crippen molar-refractivity contribution in [2.24, 2.45) is 0 Å². The van der Waals surface area contributed by atoms with Gasteiger partial charge in [0.2, 0.25) is 5.91 Å². The third-order valence-corrected chi connectivity index (χ3v) is 5.73. The molecule has 1 saturated heterocycles. The molecular weight excluding hydrogens is 352 g/mol. The smallest absolute Gasteiger partial charge is 0.233 e. The number of thioether (sulfide) groups is 1. The fraction of sp³-hybridized carbons (Fsp3) is 0.350. The maximum atomic E-state index is 12.5. The normalized spacial score (nSPS) is 18.9. The molecule has 1 fully saturated rings. The molecule has 0 radical (unpaired) electrons. The molecule has 25 heavy (non-hydrogen) atoms. The molecule has 2 aromatic rings. The second-order valence-corrected chi connectivity index (χ2v) is 8.28. The first kappa shape index (κ1) is 18.3. The highest BCUT2D eigenvalue weighted by Crippen LogP contribution is 2.25. The van der Waals surface area contributed by atoms with E-state index in [1.54, 1.807) is 11.8 Å². The van der Waals surface area contributed by atoms with Gasteiger partial charge in [-0.3, -0.25) is 9.69 Å². The highest BCUT2D eigenvalue weighted by atomic mass is 35.5. The van der Waals surface area contributed by atoms with Crippen LogP contribution in [0.5, 0.6) is 0 Å². The van der Waals surface area contributed by atoms with Gasteiger partial charge in [-0.25, -0.2) is 0 Å². The van der Waals surface area contributed by atoms with E-state index in [0.29, 0.717) is 5.02 Å². The van der Waals surface area contributed by atoms with Crippen LogP contribution in [0.4, 0.5) is 0 Å². The van der Waals surface area contributed by atoms with Crippen LogP contribution in [0.25, 0.3) is 0 Å². The van der Waals surface area contributed by atoms with Gasteiger partial charge in [-0.1, -0.05) is 41.9 Å². The molecule has 1 amide bonds. The zero-order valence-electron chi connectivity index (χ0n) is 14.3. The van der Waals surface area contributed by atoms with Crippen molar-refractivity contribution in [1.29, 1.82) is 0 Å². The summed E-state index contributed by atoms with van der Waals surface area (Å²) in [5.74, 6) is 0.103. The third-order valence-electron chi connectivity index (χ3n) is 4.36. The minimum atomic E-state index is -0.121. The van der Waals surface area contributed by atoms with Gasteiger partial charge in [-0.05, 0) is 43.2 Å². The molecule has 3 rings (SSSR count). The molecule has 1 aliphatic heterocycles. The minimum Gasteiger partial charge on any atom is -0.351 e. The number of carbonyl (C=O) groups is 1. The van der Waals surface area contributed by atoms with E-state index in [1.807, 2.05) is 37.3 Å². The predicted molar refractivity (Wildman–Crippen MR) is 105 cm³/mol. The van der Waals surface area contributed by atoms with Gasteiger partial charge in [-0.2, -0.15) is 0 Å². The summed E-state index contributed by atoms with van der Waals surface area (Å²) in [6, 6.07) is 18.3. The van der Waals surface area contributed by atoms with Gasteiger partial charge >= 0.3 is 0 Å². The Balaban J connectivity index is 1.45. The number of halogens is 1. The largest absolute Gasteiger partial charge is 0.351 e. The van der Waals surface area contributed by atoms with Crippen LogP contribution >= 0.6 is 23.4 Å². The molecule has 2 atom stereocenters. The molecule has 5 heteroatoms. The fourth-order valence-electron chi connectivity index (χ4n) is 3.03. The van der Waals surface area contributed by atoms with Crippen LogP contribution in [-0.2, 0) is 11.3 Å². The second-order valence-electron chi connectivity index (χ2n) is 6.43. The zero-order valence-corrected chi connectivity index (χ0v) is 15.9. The van der Waals surface area contributed by atoms with E-state index in [1.165, 1.54) is 5.56 Å². The van der Waals surface area contributed by atoms with E-state index in [-0.39, 0.29) is 17.2 Å². The van der Waals surface area contributed by atoms with E-state index >= 15 is 0 Å². The van der Waals surface area contributed by atoms with Crippen molar-refractivity contribution in [2.75, 3.05) is 13.1 Å². The molecule has 1 heterocycles. The van der Waals surface area contributed by atoms with E-state index in [4.69, 9.17) is 11.6 Å². The van der Waals surface area contributed by atoms with Gasteiger partial charge in [0.15, 0.2) is 0 Å². The van der Waals surface area contributed by atoms with Crippen molar-refractivity contribution in [3.05, 3.63) is 65.2 Å². The number of amides is 1. The molecule has 1 aliphatic rings. The van der Waals surface area contributed by atoms with Crippen molar-refractivity contribution in [1.82, 2.24) is 10.2 Å². The molecule has 3 nitrogen and oxygen atoms in total. The summed E-state index contributed by atoms with van der Waals surface area (Å²) < 4.78 is 0. The molecule has 0 aromatic heterocycles. The average molecular weight is 375 g/mol. The van der Waals surface area contributed by atoms with Crippen molar-refractivity contribution in [2.45, 2.75) is 36.1 Å². The summed E-state index contributed by atoms with van der Waals surface area (Å²) in [6.07, 6.45) is 1.01. The van der Waals surface area contributed by atoms with Crippen LogP contribution in [0, 0.1) is 0 Å². The molecule has 0 bridgehead atoms. The van der Waals surface area contributed by atoms with E-state index in [9.17, 15) is 4.79 Å². The fourth-order valence-corrected chi connectivity index (χ4v) is 4.03. The maximum Gasteiger partial charge on any atom is 0.233 e. The lowest BCUT2D eigenvalue weighted by atomic mass is 10.2. The van der Waals surface area contributed by atoms with Crippen molar-refractivity contribution >= 4 is 29.3 Å². The summed E-state index contributed by atoms with van der Waals surface area (Å²) in [7, 11) is 0. The Morgan fingerprint density at radius 2 is 1.96 bits per heavy atom. The first-order chi connectivity index (χ1) is 12.1. The summed E-state index contributed by atoms with van der Waals surface area (Å²) in [4.78, 5) is 15.9. The Bertz CT molecular complexity index is 693. The van der Waals surface area contributed by atoms with Crippen LogP contribution in [0.2, 0.25) is 5.02 Å². The van der Waals surface area contributed by atoms with Crippen LogP contribution in [0.1, 0.15) is 18.9 Å². The van der Waals surface area contributed by atoms with Gasteiger partial charge in [-0.15, -0.1) is 11.8 Å². The quantitative estimate of drug-likeness (QED) is 0.768. The third kappa shape index (κ3) is 5.50. The lowest BCUT2D eigenvalue weighted by Crippen LogP contribution is -2.40. The van der Waals surface area contributed by atoms with Gasteiger partial charge in [0.05, 0.1) is 5.25 Å². The Labute approximate surface area is 158 Å². The lowest BCUT2D eigenvalue weighted by molar-refractivity contribution is -0.120. The monoisotopic (exact) mass is 374 g/mol. The topological polar surface area (TPSA) is 32.3 Å². The van der Waals surface area contributed by atoms with Gasteiger partial charge in [0, 0.05) is 35.6 Å². The minimum absolute atomic E-state index is 0.103. The van der Waals surface area contributed by atoms with E-state index < -0.39 is 0 Å². The summed E-state index contributed by atoms with van der Waals surface area (Å²) >= 11 is 7.47. The van der Waals surface area contributed by atoms with Gasteiger partial charge in [0.1, 0.15) is 0 Å². The van der Waals surface area contributed by atoms with Crippen LogP contribution in [0.3, 0.4) is 0 Å². The second kappa shape index (κ2) is 8.75. The van der Waals surface area contributed by atoms with Crippen molar-refractivity contribution < 1.29 is 4.79 Å². The predicted octanol–water partition coefficient (Wildman–Crippen LogP) is 4.21. The van der Waals surface area contributed by atoms with Crippen molar-refractivity contribution in [3.63, 3.8) is 0 Å². The number of hydrogen-bond acceptors (Lipinski definition) is 3. The highest BCUT2D eigenvalue weighted by Gasteiger charge is 2.25. The Morgan fingerprint density at radius 3 is 2.68 bits per heavy atom. The summed E-state index contributed by atoms with van der Waals surface area (Å²) in [5.41, 5.74) is 1.32. The average Bonchev–Trinajstić information content (AvgIpc) is 3.04. The molecule has 2 unspecified atom stereocenters. The maximum absolute atomic E-state index is 12.5. The molecule has 0 spiro atoms. The Morgan fingerprint density at radius 1 is 1.24 bits per heavy atom. The number of benzene rings is 2. The first-order valence-corrected chi connectivity index (χ1v) is 9.85. The molecule has 2 aromatic carbocycles. The first-order valence-electron chi connectivity index (χ1n) is 8.59. The van der Waals surface area contributed by atoms with Crippen molar-refractivity contribution in [3.8, 4) is 0 Å². The molecule has 1 N–H and O–H groups in total. The Hall–Kier alpha value is -1.49. The molecular formula is C20H23ClN2OS. The Kier molecular flexibility index (Phi) is 6.40. The van der Waals surface area contributed by atoms with E-state index in [0.717, 1.165) is 31.0 Å². The van der Waals surface area contributed by atoms with E-state index in [2.05, 4.69) is 34.5 Å². The van der Waals surface area contributed by atoms with Crippen LogP contribution < -0.4 is 5.32 Å².